The van der Waals surface area contributed by atoms with Crippen molar-refractivity contribution in [2.24, 2.45) is 5.92 Å². The summed E-state index contributed by atoms with van der Waals surface area (Å²) in [6.07, 6.45) is 4.19. The molecule has 0 saturated carbocycles. The topological polar surface area (TPSA) is 29.0 Å². The lowest BCUT2D eigenvalue weighted by Crippen LogP contribution is -2.36. The van der Waals surface area contributed by atoms with Crippen molar-refractivity contribution in [1.29, 1.82) is 0 Å². The van der Waals surface area contributed by atoms with Crippen LogP contribution in [-0.4, -0.2) is 28.7 Å². The Bertz CT molecular complexity index is 557. The molecule has 1 aliphatic rings. The van der Waals surface area contributed by atoms with Gasteiger partial charge in [0.1, 0.15) is 0 Å². The zero-order valence-corrected chi connectivity index (χ0v) is 11.8. The molecule has 0 amide bonds. The molecule has 1 saturated heterocycles. The first-order valence-corrected chi connectivity index (χ1v) is 7.29. The number of anilines is 1. The monoisotopic (exact) mass is 275 g/mol. The lowest BCUT2D eigenvalue weighted by Gasteiger charge is -2.34. The molecule has 0 N–H and O–H groups in total. The van der Waals surface area contributed by atoms with Crippen LogP contribution >= 0.6 is 11.6 Å². The molecule has 19 heavy (non-hydrogen) atoms. The van der Waals surface area contributed by atoms with E-state index >= 15 is 0 Å². The largest absolute Gasteiger partial charge is 0.370 e. The fraction of sp³-hybridized carbons (Fsp3) is 0.467. The Labute approximate surface area is 118 Å². The molecular formula is C15H18ClN3. The number of nitrogens with zero attached hydrogens (tertiary/aromatic N) is 3. The number of piperidine rings is 1. The maximum absolute atomic E-state index is 6.20. The van der Waals surface area contributed by atoms with Gasteiger partial charge in [0, 0.05) is 23.9 Å². The molecule has 0 spiro atoms. The Morgan fingerprint density at radius 3 is 2.74 bits per heavy atom. The predicted octanol–water partition coefficient (Wildman–Crippen LogP) is 3.47. The van der Waals surface area contributed by atoms with E-state index in [0.717, 1.165) is 31.4 Å². The number of rotatable bonds is 2. The molecule has 100 valence electrons. The van der Waals surface area contributed by atoms with Crippen molar-refractivity contribution in [1.82, 2.24) is 10.2 Å². The van der Waals surface area contributed by atoms with Gasteiger partial charge in [-0.3, -0.25) is 0 Å². The minimum Gasteiger partial charge on any atom is -0.370 e. The Morgan fingerprint density at radius 2 is 2.00 bits per heavy atom. The molecule has 1 aromatic heterocycles. The van der Waals surface area contributed by atoms with Crippen molar-refractivity contribution in [2.45, 2.75) is 25.1 Å². The van der Waals surface area contributed by atoms with E-state index in [1.54, 1.807) is 0 Å². The maximum atomic E-state index is 6.20. The van der Waals surface area contributed by atoms with Gasteiger partial charge in [0.2, 0.25) is 0 Å². The minimum absolute atomic E-state index is 0.273. The Kier molecular flexibility index (Phi) is 3.56. The third-order valence-corrected chi connectivity index (χ3v) is 4.41. The standard InChI is InChI=1S/C15H18ClN3/c1-11(16)12-6-8-19(9-7-12)15-10-17-18-14-5-3-2-4-13(14)15/h2-5,10-12H,6-9H2,1H3. The van der Waals surface area contributed by atoms with Gasteiger partial charge in [0.15, 0.2) is 0 Å². The van der Waals surface area contributed by atoms with Crippen LogP contribution in [0.2, 0.25) is 0 Å². The highest BCUT2D eigenvalue weighted by molar-refractivity contribution is 6.20. The third kappa shape index (κ3) is 2.52. The fourth-order valence-electron chi connectivity index (χ4n) is 2.84. The van der Waals surface area contributed by atoms with Crippen molar-refractivity contribution in [3.8, 4) is 0 Å². The van der Waals surface area contributed by atoms with Crippen LogP contribution in [0.3, 0.4) is 0 Å². The molecule has 2 aromatic rings. The molecule has 1 unspecified atom stereocenters. The maximum Gasteiger partial charge on any atom is 0.0950 e. The molecule has 3 nitrogen and oxygen atoms in total. The third-order valence-electron chi connectivity index (χ3n) is 4.06. The van der Waals surface area contributed by atoms with E-state index in [2.05, 4.69) is 34.2 Å². The van der Waals surface area contributed by atoms with E-state index in [1.165, 1.54) is 11.1 Å². The Balaban J connectivity index is 1.86. The van der Waals surface area contributed by atoms with Gasteiger partial charge < -0.3 is 4.90 Å². The van der Waals surface area contributed by atoms with Crippen LogP contribution in [0.5, 0.6) is 0 Å². The van der Waals surface area contributed by atoms with Crippen LogP contribution < -0.4 is 4.90 Å². The van der Waals surface area contributed by atoms with Crippen molar-refractivity contribution >= 4 is 28.2 Å². The number of alkyl halides is 1. The number of fused-ring (bicyclic) bond motifs is 1. The van der Waals surface area contributed by atoms with E-state index < -0.39 is 0 Å². The van der Waals surface area contributed by atoms with Gasteiger partial charge in [-0.25, -0.2) is 0 Å². The number of hydrogen-bond donors (Lipinski definition) is 0. The predicted molar refractivity (Wildman–Crippen MR) is 79.8 cm³/mol. The molecule has 4 heteroatoms. The van der Waals surface area contributed by atoms with Gasteiger partial charge in [0.25, 0.3) is 0 Å². The van der Waals surface area contributed by atoms with Gasteiger partial charge in [-0.05, 0) is 31.7 Å². The molecule has 2 heterocycles. The highest BCUT2D eigenvalue weighted by Crippen LogP contribution is 2.30. The molecule has 1 aromatic carbocycles. The molecule has 1 atom stereocenters. The van der Waals surface area contributed by atoms with E-state index in [4.69, 9.17) is 11.6 Å². The van der Waals surface area contributed by atoms with Crippen LogP contribution in [-0.2, 0) is 0 Å². The highest BCUT2D eigenvalue weighted by atomic mass is 35.5. The average Bonchev–Trinajstić information content (AvgIpc) is 2.47. The normalized spacial score (nSPS) is 18.7. The number of halogens is 1. The lowest BCUT2D eigenvalue weighted by molar-refractivity contribution is 0.400. The van der Waals surface area contributed by atoms with E-state index in [1.807, 2.05) is 18.3 Å². The number of hydrogen-bond acceptors (Lipinski definition) is 3. The van der Waals surface area contributed by atoms with Crippen molar-refractivity contribution < 1.29 is 0 Å². The smallest absolute Gasteiger partial charge is 0.0950 e. The van der Waals surface area contributed by atoms with Crippen LogP contribution in [0.25, 0.3) is 10.9 Å². The molecule has 1 fully saturated rings. The Morgan fingerprint density at radius 1 is 1.26 bits per heavy atom. The van der Waals surface area contributed by atoms with Crippen molar-refractivity contribution in [2.75, 3.05) is 18.0 Å². The van der Waals surface area contributed by atoms with Crippen LogP contribution in [0, 0.1) is 5.92 Å². The average molecular weight is 276 g/mol. The summed E-state index contributed by atoms with van der Waals surface area (Å²) in [5, 5.41) is 9.77. The first-order valence-electron chi connectivity index (χ1n) is 6.85. The van der Waals surface area contributed by atoms with E-state index in [0.29, 0.717) is 5.92 Å². The summed E-state index contributed by atoms with van der Waals surface area (Å²) in [6.45, 7) is 4.21. The van der Waals surface area contributed by atoms with Gasteiger partial charge in [-0.1, -0.05) is 18.2 Å². The highest BCUT2D eigenvalue weighted by Gasteiger charge is 2.23. The van der Waals surface area contributed by atoms with Gasteiger partial charge in [-0.2, -0.15) is 10.2 Å². The van der Waals surface area contributed by atoms with E-state index in [9.17, 15) is 0 Å². The second kappa shape index (κ2) is 5.33. The molecular weight excluding hydrogens is 258 g/mol. The second-order valence-corrected chi connectivity index (χ2v) is 5.94. The Hall–Kier alpha value is -1.35. The summed E-state index contributed by atoms with van der Waals surface area (Å²) in [4.78, 5) is 2.41. The van der Waals surface area contributed by atoms with Crippen LogP contribution in [0.1, 0.15) is 19.8 Å². The number of aromatic nitrogens is 2. The first kappa shape index (κ1) is 12.7. The summed E-state index contributed by atoms with van der Waals surface area (Å²) in [5.74, 6) is 0.638. The molecule has 3 rings (SSSR count). The summed E-state index contributed by atoms with van der Waals surface area (Å²) in [5.41, 5.74) is 2.17. The summed E-state index contributed by atoms with van der Waals surface area (Å²) in [7, 11) is 0. The summed E-state index contributed by atoms with van der Waals surface area (Å²) in [6, 6.07) is 8.19. The molecule has 0 aliphatic carbocycles. The molecule has 0 radical (unpaired) electrons. The quantitative estimate of drug-likeness (QED) is 0.786. The van der Waals surface area contributed by atoms with Gasteiger partial charge >= 0.3 is 0 Å². The van der Waals surface area contributed by atoms with Gasteiger partial charge in [-0.15, -0.1) is 11.6 Å². The zero-order chi connectivity index (χ0) is 13.2. The van der Waals surface area contributed by atoms with Crippen molar-refractivity contribution in [3.63, 3.8) is 0 Å². The minimum atomic E-state index is 0.273. The zero-order valence-electron chi connectivity index (χ0n) is 11.1. The summed E-state index contributed by atoms with van der Waals surface area (Å²) >= 11 is 6.20. The van der Waals surface area contributed by atoms with Crippen molar-refractivity contribution in [3.05, 3.63) is 30.5 Å². The fourth-order valence-corrected chi connectivity index (χ4v) is 3.10. The van der Waals surface area contributed by atoms with Crippen LogP contribution in [0.15, 0.2) is 30.5 Å². The number of benzene rings is 1. The second-order valence-electron chi connectivity index (χ2n) is 5.25. The van der Waals surface area contributed by atoms with Crippen LogP contribution in [0.4, 0.5) is 5.69 Å². The van der Waals surface area contributed by atoms with E-state index in [-0.39, 0.29) is 5.38 Å². The first-order chi connectivity index (χ1) is 9.25. The molecule has 0 bridgehead atoms. The SMILES string of the molecule is CC(Cl)C1CCN(c2cnnc3ccccc23)CC1. The lowest BCUT2D eigenvalue weighted by atomic mass is 9.93. The summed E-state index contributed by atoms with van der Waals surface area (Å²) < 4.78 is 0. The van der Waals surface area contributed by atoms with Gasteiger partial charge in [0.05, 0.1) is 17.4 Å². The molecule has 1 aliphatic heterocycles.